The summed E-state index contributed by atoms with van der Waals surface area (Å²) in [6.45, 7) is 4.64. The van der Waals surface area contributed by atoms with E-state index in [9.17, 15) is 0 Å². The molecule has 1 aromatic rings. The third-order valence-corrected chi connectivity index (χ3v) is 2.42. The molecule has 1 heterocycles. The van der Waals surface area contributed by atoms with Crippen LogP contribution < -0.4 is 15.8 Å². The summed E-state index contributed by atoms with van der Waals surface area (Å²) in [5, 5.41) is 3.27. The van der Waals surface area contributed by atoms with E-state index in [-0.39, 0.29) is 0 Å². The fourth-order valence-electron chi connectivity index (χ4n) is 1.48. The van der Waals surface area contributed by atoms with Gasteiger partial charge in [-0.05, 0) is 45.6 Å². The molecule has 0 saturated carbocycles. The quantitative estimate of drug-likeness (QED) is 0.691. The highest BCUT2D eigenvalue weighted by Crippen LogP contribution is 2.20. The summed E-state index contributed by atoms with van der Waals surface area (Å²) in [7, 11) is 4.14. The monoisotopic (exact) mass is 252 g/mol. The predicted octanol–water partition coefficient (Wildman–Crippen LogP) is 1.82. The van der Waals surface area contributed by atoms with Crippen LogP contribution in [0.4, 0.5) is 11.5 Å². The number of nitrogen functional groups attached to an aromatic ring is 1. The summed E-state index contributed by atoms with van der Waals surface area (Å²) in [6, 6.07) is 3.70. The van der Waals surface area contributed by atoms with Gasteiger partial charge < -0.3 is 20.7 Å². The van der Waals surface area contributed by atoms with E-state index in [1.807, 2.05) is 12.1 Å². The average molecular weight is 252 g/mol. The molecule has 102 valence electrons. The molecule has 0 unspecified atom stereocenters. The molecule has 18 heavy (non-hydrogen) atoms. The second-order valence-corrected chi connectivity index (χ2v) is 4.52. The molecule has 0 fully saturated rings. The van der Waals surface area contributed by atoms with Gasteiger partial charge in [0.05, 0.1) is 12.3 Å². The topological polar surface area (TPSA) is 63.4 Å². The van der Waals surface area contributed by atoms with Crippen molar-refractivity contribution in [1.82, 2.24) is 9.88 Å². The summed E-state index contributed by atoms with van der Waals surface area (Å²) in [5.74, 6) is 1.34. The number of ether oxygens (including phenoxy) is 1. The molecule has 5 nitrogen and oxygen atoms in total. The van der Waals surface area contributed by atoms with Crippen LogP contribution in [0.25, 0.3) is 0 Å². The van der Waals surface area contributed by atoms with Gasteiger partial charge in [0.15, 0.2) is 0 Å². The van der Waals surface area contributed by atoms with E-state index < -0.39 is 0 Å². The third kappa shape index (κ3) is 5.23. The van der Waals surface area contributed by atoms with Crippen LogP contribution in [-0.4, -0.2) is 43.7 Å². The van der Waals surface area contributed by atoms with E-state index in [2.05, 4.69) is 36.2 Å². The van der Waals surface area contributed by atoms with Crippen LogP contribution in [0.3, 0.4) is 0 Å². The van der Waals surface area contributed by atoms with Crippen LogP contribution in [0.15, 0.2) is 12.1 Å². The Hall–Kier alpha value is -1.49. The van der Waals surface area contributed by atoms with Crippen LogP contribution >= 0.6 is 0 Å². The van der Waals surface area contributed by atoms with Crippen molar-refractivity contribution in [3.8, 4) is 5.88 Å². The van der Waals surface area contributed by atoms with Crippen molar-refractivity contribution in [3.05, 3.63) is 12.1 Å². The van der Waals surface area contributed by atoms with Gasteiger partial charge in [-0.1, -0.05) is 6.92 Å². The molecule has 0 saturated heterocycles. The lowest BCUT2D eigenvalue weighted by Gasteiger charge is -2.12. The molecule has 0 aliphatic carbocycles. The van der Waals surface area contributed by atoms with Crippen molar-refractivity contribution in [2.75, 3.05) is 44.8 Å². The predicted molar refractivity (Wildman–Crippen MR) is 76.1 cm³/mol. The Kier molecular flexibility index (Phi) is 6.28. The van der Waals surface area contributed by atoms with Gasteiger partial charge in [-0.15, -0.1) is 0 Å². The number of nitrogens with two attached hydrogens (primary N) is 1. The lowest BCUT2D eigenvalue weighted by Crippen LogP contribution is -2.16. The summed E-state index contributed by atoms with van der Waals surface area (Å²) >= 11 is 0. The Bertz CT molecular complexity index is 355. The fourth-order valence-corrected chi connectivity index (χ4v) is 1.48. The Morgan fingerprint density at radius 2 is 2.17 bits per heavy atom. The largest absolute Gasteiger partial charge is 0.476 e. The highest BCUT2D eigenvalue weighted by molar-refractivity contribution is 5.53. The molecule has 0 aromatic carbocycles. The zero-order chi connectivity index (χ0) is 13.4. The van der Waals surface area contributed by atoms with E-state index in [0.29, 0.717) is 18.2 Å². The van der Waals surface area contributed by atoms with Crippen molar-refractivity contribution in [3.63, 3.8) is 0 Å². The molecule has 0 radical (unpaired) electrons. The zero-order valence-electron chi connectivity index (χ0n) is 11.6. The molecule has 0 spiro atoms. The lowest BCUT2D eigenvalue weighted by atomic mass is 10.3. The molecular weight excluding hydrogens is 228 g/mol. The minimum Gasteiger partial charge on any atom is -0.476 e. The summed E-state index contributed by atoms with van der Waals surface area (Å²) in [5.41, 5.74) is 6.39. The number of nitrogens with one attached hydrogen (secondary N) is 1. The minimum absolute atomic E-state index is 0.523. The second-order valence-electron chi connectivity index (χ2n) is 4.52. The maximum absolute atomic E-state index is 5.80. The van der Waals surface area contributed by atoms with E-state index >= 15 is 0 Å². The Morgan fingerprint density at radius 1 is 1.39 bits per heavy atom. The average Bonchev–Trinajstić information content (AvgIpc) is 2.34. The standard InChI is InChI=1S/C13H24N4O/c1-4-10-18-13-11(14)6-7-12(16-13)15-8-5-9-17(2)3/h6-7H,4-5,8-10,14H2,1-3H3,(H,15,16). The van der Waals surface area contributed by atoms with Crippen LogP contribution in [-0.2, 0) is 0 Å². The van der Waals surface area contributed by atoms with Crippen LogP contribution in [0, 0.1) is 0 Å². The number of hydrogen-bond acceptors (Lipinski definition) is 5. The zero-order valence-corrected chi connectivity index (χ0v) is 11.6. The van der Waals surface area contributed by atoms with E-state index in [4.69, 9.17) is 10.5 Å². The molecule has 1 aromatic heterocycles. The van der Waals surface area contributed by atoms with Crippen LogP contribution in [0.1, 0.15) is 19.8 Å². The van der Waals surface area contributed by atoms with E-state index in [0.717, 1.165) is 31.7 Å². The van der Waals surface area contributed by atoms with Crippen molar-refractivity contribution in [2.24, 2.45) is 0 Å². The normalized spacial score (nSPS) is 10.7. The number of aromatic nitrogens is 1. The number of rotatable bonds is 8. The highest BCUT2D eigenvalue weighted by atomic mass is 16.5. The first-order valence-corrected chi connectivity index (χ1v) is 6.41. The maximum atomic E-state index is 5.80. The minimum atomic E-state index is 0.523. The fraction of sp³-hybridized carbons (Fsp3) is 0.615. The Balaban J connectivity index is 2.45. The number of nitrogens with zero attached hydrogens (tertiary/aromatic N) is 2. The second kappa shape index (κ2) is 7.76. The van der Waals surface area contributed by atoms with Gasteiger partial charge in [0.25, 0.3) is 0 Å². The first-order valence-electron chi connectivity index (χ1n) is 6.41. The number of anilines is 2. The third-order valence-electron chi connectivity index (χ3n) is 2.42. The molecule has 0 aliphatic rings. The van der Waals surface area contributed by atoms with Gasteiger partial charge in [0, 0.05) is 6.54 Å². The van der Waals surface area contributed by atoms with Crippen molar-refractivity contribution < 1.29 is 4.74 Å². The van der Waals surface area contributed by atoms with Gasteiger partial charge in [-0.25, -0.2) is 0 Å². The van der Waals surface area contributed by atoms with Crippen molar-refractivity contribution >= 4 is 11.5 Å². The molecule has 0 bridgehead atoms. The van der Waals surface area contributed by atoms with Gasteiger partial charge in [-0.2, -0.15) is 4.98 Å². The van der Waals surface area contributed by atoms with Crippen molar-refractivity contribution in [2.45, 2.75) is 19.8 Å². The summed E-state index contributed by atoms with van der Waals surface area (Å²) in [4.78, 5) is 6.52. The van der Waals surface area contributed by atoms with Gasteiger partial charge >= 0.3 is 0 Å². The Labute approximate surface area is 109 Å². The van der Waals surface area contributed by atoms with Crippen molar-refractivity contribution in [1.29, 1.82) is 0 Å². The van der Waals surface area contributed by atoms with Gasteiger partial charge in [0.1, 0.15) is 5.82 Å². The molecule has 3 N–H and O–H groups in total. The molecule has 0 aliphatic heterocycles. The molecule has 0 atom stereocenters. The molecule has 5 heteroatoms. The Morgan fingerprint density at radius 3 is 2.83 bits per heavy atom. The van der Waals surface area contributed by atoms with Gasteiger partial charge in [-0.3, -0.25) is 0 Å². The van der Waals surface area contributed by atoms with E-state index in [1.165, 1.54) is 0 Å². The smallest absolute Gasteiger partial charge is 0.239 e. The van der Waals surface area contributed by atoms with Crippen LogP contribution in [0.5, 0.6) is 5.88 Å². The number of pyridine rings is 1. The molecular formula is C13H24N4O. The number of hydrogen-bond donors (Lipinski definition) is 2. The summed E-state index contributed by atoms with van der Waals surface area (Å²) in [6.07, 6.45) is 2.02. The first-order chi connectivity index (χ1) is 8.63. The molecule has 0 amide bonds. The summed E-state index contributed by atoms with van der Waals surface area (Å²) < 4.78 is 5.49. The SMILES string of the molecule is CCCOc1nc(NCCCN(C)C)ccc1N. The first kappa shape index (κ1) is 14.6. The van der Waals surface area contributed by atoms with Gasteiger partial charge in [0.2, 0.25) is 5.88 Å². The molecule has 1 rings (SSSR count). The maximum Gasteiger partial charge on any atom is 0.239 e. The lowest BCUT2D eigenvalue weighted by molar-refractivity contribution is 0.307. The highest BCUT2D eigenvalue weighted by Gasteiger charge is 2.03. The van der Waals surface area contributed by atoms with E-state index in [1.54, 1.807) is 0 Å². The van der Waals surface area contributed by atoms with Crippen LogP contribution in [0.2, 0.25) is 0 Å².